The highest BCUT2D eigenvalue weighted by atomic mass is 35.5. The highest BCUT2D eigenvalue weighted by Gasteiger charge is 2.12. The van der Waals surface area contributed by atoms with Crippen molar-refractivity contribution in [2.75, 3.05) is 0 Å². The Bertz CT molecular complexity index is 503. The third kappa shape index (κ3) is 4.34. The Kier molecular flexibility index (Phi) is 6.26. The zero-order valence-electron chi connectivity index (χ0n) is 8.46. The topological polar surface area (TPSA) is 38.7 Å². The van der Waals surface area contributed by atoms with Gasteiger partial charge in [0.1, 0.15) is 4.49 Å². The fourth-order valence-corrected chi connectivity index (χ4v) is 1.56. The molecule has 1 aromatic carbocycles. The zero-order chi connectivity index (χ0) is 13.7. The SMILES string of the molecule is O=C(ON=Cc1c(Cl)cccc1Cl)C(Cl)=C(Cl)Cl. The molecular formula is C10H4Cl5NO2. The van der Waals surface area contributed by atoms with E-state index in [0.717, 1.165) is 0 Å². The lowest BCUT2D eigenvalue weighted by molar-refractivity contribution is -0.138. The Balaban J connectivity index is 2.78. The molecule has 1 aromatic rings. The van der Waals surface area contributed by atoms with Gasteiger partial charge in [-0.3, -0.25) is 0 Å². The third-order valence-corrected chi connectivity index (χ3v) is 3.24. The fourth-order valence-electron chi connectivity index (χ4n) is 0.878. The minimum atomic E-state index is -0.990. The highest BCUT2D eigenvalue weighted by molar-refractivity contribution is 6.62. The maximum atomic E-state index is 11.2. The van der Waals surface area contributed by atoms with E-state index in [9.17, 15) is 4.79 Å². The van der Waals surface area contributed by atoms with Crippen molar-refractivity contribution in [3.8, 4) is 0 Å². The van der Waals surface area contributed by atoms with Crippen LogP contribution in [0.15, 0.2) is 32.9 Å². The lowest BCUT2D eigenvalue weighted by Crippen LogP contribution is -2.00. The van der Waals surface area contributed by atoms with Gasteiger partial charge in [0.15, 0.2) is 5.03 Å². The Hall–Kier alpha value is -0.450. The van der Waals surface area contributed by atoms with Crippen LogP contribution in [0, 0.1) is 0 Å². The number of rotatable bonds is 3. The Morgan fingerprint density at radius 3 is 2.22 bits per heavy atom. The van der Waals surface area contributed by atoms with Gasteiger partial charge in [0, 0.05) is 5.56 Å². The lowest BCUT2D eigenvalue weighted by atomic mass is 10.2. The van der Waals surface area contributed by atoms with Crippen molar-refractivity contribution in [1.29, 1.82) is 0 Å². The van der Waals surface area contributed by atoms with Crippen LogP contribution in [0.5, 0.6) is 0 Å². The largest absolute Gasteiger partial charge is 0.379 e. The van der Waals surface area contributed by atoms with Crippen molar-refractivity contribution < 1.29 is 9.63 Å². The molecule has 8 heteroatoms. The van der Waals surface area contributed by atoms with Gasteiger partial charge in [-0.15, -0.1) is 0 Å². The van der Waals surface area contributed by atoms with Crippen LogP contribution in [0.1, 0.15) is 5.56 Å². The van der Waals surface area contributed by atoms with Gasteiger partial charge in [0.2, 0.25) is 0 Å². The molecule has 0 bridgehead atoms. The van der Waals surface area contributed by atoms with Crippen molar-refractivity contribution in [3.05, 3.63) is 43.3 Å². The van der Waals surface area contributed by atoms with Crippen LogP contribution >= 0.6 is 58.0 Å². The van der Waals surface area contributed by atoms with Gasteiger partial charge in [0.25, 0.3) is 0 Å². The molecule has 0 aliphatic carbocycles. The van der Waals surface area contributed by atoms with E-state index in [1.165, 1.54) is 6.21 Å². The molecule has 0 fully saturated rings. The molecule has 0 saturated carbocycles. The molecule has 3 nitrogen and oxygen atoms in total. The number of benzene rings is 1. The van der Waals surface area contributed by atoms with Crippen LogP contribution < -0.4 is 0 Å². The Labute approximate surface area is 128 Å². The van der Waals surface area contributed by atoms with E-state index in [2.05, 4.69) is 9.99 Å². The summed E-state index contributed by atoms with van der Waals surface area (Å²) in [6, 6.07) is 4.89. The lowest BCUT2D eigenvalue weighted by Gasteiger charge is -2.00. The van der Waals surface area contributed by atoms with Gasteiger partial charge in [0.05, 0.1) is 16.3 Å². The van der Waals surface area contributed by atoms with Gasteiger partial charge in [-0.25, -0.2) is 4.79 Å². The molecule has 0 spiro atoms. The normalized spacial score (nSPS) is 10.5. The van der Waals surface area contributed by atoms with Crippen LogP contribution in [0.2, 0.25) is 10.0 Å². The summed E-state index contributed by atoms with van der Waals surface area (Å²) >= 11 is 27.7. The number of carbonyl (C=O) groups is 1. The van der Waals surface area contributed by atoms with Crippen LogP contribution in [-0.2, 0) is 9.63 Å². The molecule has 0 amide bonds. The van der Waals surface area contributed by atoms with Crippen molar-refractivity contribution in [3.63, 3.8) is 0 Å². The summed E-state index contributed by atoms with van der Waals surface area (Å²) in [6.07, 6.45) is 1.18. The van der Waals surface area contributed by atoms with Crippen molar-refractivity contribution in [2.24, 2.45) is 5.16 Å². The maximum absolute atomic E-state index is 11.2. The summed E-state index contributed by atoms with van der Waals surface area (Å²) in [4.78, 5) is 15.6. The zero-order valence-corrected chi connectivity index (χ0v) is 12.2. The Morgan fingerprint density at radius 2 is 1.72 bits per heavy atom. The van der Waals surface area contributed by atoms with Gasteiger partial charge < -0.3 is 4.84 Å². The molecule has 0 unspecified atom stereocenters. The predicted octanol–water partition coefficient (Wildman–Crippen LogP) is 4.76. The molecule has 1 rings (SSSR count). The number of hydrogen-bond donors (Lipinski definition) is 0. The predicted molar refractivity (Wildman–Crippen MR) is 74.7 cm³/mol. The minimum absolute atomic E-state index is 0.360. The van der Waals surface area contributed by atoms with Gasteiger partial charge in [-0.05, 0) is 12.1 Å². The number of hydrogen-bond acceptors (Lipinski definition) is 3. The minimum Gasteiger partial charge on any atom is -0.312 e. The van der Waals surface area contributed by atoms with Crippen molar-refractivity contribution in [2.45, 2.75) is 0 Å². The van der Waals surface area contributed by atoms with E-state index in [1.807, 2.05) is 0 Å². The Morgan fingerprint density at radius 1 is 1.17 bits per heavy atom. The van der Waals surface area contributed by atoms with E-state index in [4.69, 9.17) is 58.0 Å². The molecular weight excluding hydrogens is 343 g/mol. The smallest absolute Gasteiger partial charge is 0.312 e. The molecule has 0 N–H and O–H groups in total. The van der Waals surface area contributed by atoms with E-state index in [-0.39, 0.29) is 0 Å². The molecule has 0 aromatic heterocycles. The maximum Gasteiger partial charge on any atom is 0.379 e. The molecule has 18 heavy (non-hydrogen) atoms. The van der Waals surface area contributed by atoms with Crippen LogP contribution in [-0.4, -0.2) is 12.2 Å². The molecule has 0 heterocycles. The van der Waals surface area contributed by atoms with Gasteiger partial charge >= 0.3 is 5.97 Å². The molecule has 0 atom stereocenters. The van der Waals surface area contributed by atoms with Crippen LogP contribution in [0.4, 0.5) is 0 Å². The second-order valence-electron chi connectivity index (χ2n) is 2.82. The van der Waals surface area contributed by atoms with Gasteiger partial charge in [-0.2, -0.15) is 0 Å². The average Bonchev–Trinajstić information content (AvgIpc) is 2.31. The number of nitrogens with zero attached hydrogens (tertiary/aromatic N) is 1. The summed E-state index contributed by atoms with van der Waals surface area (Å²) in [6.45, 7) is 0. The van der Waals surface area contributed by atoms with E-state index in [1.54, 1.807) is 18.2 Å². The summed E-state index contributed by atoms with van der Waals surface area (Å²) in [5, 5.41) is 3.64. The quantitative estimate of drug-likeness (QED) is 0.342. The second kappa shape index (κ2) is 7.22. The number of halogens is 5. The summed E-state index contributed by atoms with van der Waals surface area (Å²) in [7, 11) is 0. The van der Waals surface area contributed by atoms with Crippen molar-refractivity contribution >= 4 is 70.2 Å². The summed E-state index contributed by atoms with van der Waals surface area (Å²) in [5.41, 5.74) is 0.408. The second-order valence-corrected chi connectivity index (χ2v) is 4.96. The number of oxime groups is 1. The highest BCUT2D eigenvalue weighted by Crippen LogP contribution is 2.22. The monoisotopic (exact) mass is 345 g/mol. The van der Waals surface area contributed by atoms with E-state index < -0.39 is 15.5 Å². The van der Waals surface area contributed by atoms with Gasteiger partial charge in [-0.1, -0.05) is 69.2 Å². The van der Waals surface area contributed by atoms with Crippen LogP contribution in [0.3, 0.4) is 0 Å². The molecule has 0 aliphatic rings. The molecule has 0 radical (unpaired) electrons. The first kappa shape index (κ1) is 15.6. The fraction of sp³-hybridized carbons (Fsp3) is 0. The molecule has 96 valence electrons. The summed E-state index contributed by atoms with van der Waals surface area (Å²) in [5.74, 6) is -0.990. The molecule has 0 saturated heterocycles. The van der Waals surface area contributed by atoms with E-state index >= 15 is 0 Å². The standard InChI is InChI=1S/C10H4Cl5NO2/c11-6-2-1-3-7(12)5(6)4-16-18-10(17)8(13)9(14)15/h1-4H. The first-order valence-corrected chi connectivity index (χ1v) is 6.22. The average molecular weight is 347 g/mol. The first-order valence-electron chi connectivity index (χ1n) is 4.33. The summed E-state index contributed by atoms with van der Waals surface area (Å²) < 4.78 is -0.410. The first-order chi connectivity index (χ1) is 8.43. The van der Waals surface area contributed by atoms with E-state index in [0.29, 0.717) is 15.6 Å². The molecule has 0 aliphatic heterocycles. The van der Waals surface area contributed by atoms with Crippen molar-refractivity contribution in [1.82, 2.24) is 0 Å². The number of carbonyl (C=O) groups excluding carboxylic acids is 1. The third-order valence-electron chi connectivity index (χ3n) is 1.66. The van der Waals surface area contributed by atoms with Crippen LogP contribution in [0.25, 0.3) is 0 Å².